The number of hydrogen-bond acceptors (Lipinski definition) is 2. The second-order valence-electron chi connectivity index (χ2n) is 6.63. The van der Waals surface area contributed by atoms with Crippen LogP contribution in [-0.2, 0) is 11.2 Å². The van der Waals surface area contributed by atoms with Gasteiger partial charge in [-0.25, -0.2) is 8.78 Å². The molecule has 0 amide bonds. The van der Waals surface area contributed by atoms with Gasteiger partial charge in [-0.15, -0.1) is 0 Å². The van der Waals surface area contributed by atoms with E-state index in [4.69, 9.17) is 5.73 Å². The van der Waals surface area contributed by atoms with Crippen molar-refractivity contribution in [2.45, 2.75) is 46.5 Å². The second-order valence-corrected chi connectivity index (χ2v) is 6.63. The normalized spacial score (nSPS) is 13.2. The van der Waals surface area contributed by atoms with Crippen molar-refractivity contribution < 1.29 is 13.6 Å². The molecule has 0 saturated carbocycles. The SMILES string of the molecule is CC(C)(C)C(CCN)CCC(=O)Cc1ccc(F)cc1F. The average molecular weight is 297 g/mol. The van der Waals surface area contributed by atoms with Crippen LogP contribution in [0.3, 0.4) is 0 Å². The van der Waals surface area contributed by atoms with E-state index in [1.165, 1.54) is 12.1 Å². The molecule has 1 aromatic carbocycles. The summed E-state index contributed by atoms with van der Waals surface area (Å²) in [5.74, 6) is -0.937. The zero-order valence-electron chi connectivity index (χ0n) is 13.1. The molecular formula is C17H25F2NO. The highest BCUT2D eigenvalue weighted by atomic mass is 19.1. The van der Waals surface area contributed by atoms with E-state index in [2.05, 4.69) is 20.8 Å². The standard InChI is InChI=1S/C17H25F2NO/c1-17(2,3)13(8-9-20)5-7-15(21)10-12-4-6-14(18)11-16(12)19/h4,6,11,13H,5,7-10,20H2,1-3H3. The van der Waals surface area contributed by atoms with Crippen LogP contribution in [0.15, 0.2) is 18.2 Å². The molecule has 0 spiro atoms. The van der Waals surface area contributed by atoms with Crippen LogP contribution in [0.2, 0.25) is 0 Å². The number of rotatable bonds is 7. The van der Waals surface area contributed by atoms with Gasteiger partial charge in [0.15, 0.2) is 0 Å². The van der Waals surface area contributed by atoms with Crippen LogP contribution in [0.1, 0.15) is 45.6 Å². The lowest BCUT2D eigenvalue weighted by molar-refractivity contribution is -0.118. The van der Waals surface area contributed by atoms with Gasteiger partial charge >= 0.3 is 0 Å². The summed E-state index contributed by atoms with van der Waals surface area (Å²) in [7, 11) is 0. The van der Waals surface area contributed by atoms with Crippen LogP contribution < -0.4 is 5.73 Å². The van der Waals surface area contributed by atoms with Crippen molar-refractivity contribution in [2.75, 3.05) is 6.54 Å². The minimum atomic E-state index is -0.655. The molecule has 2 N–H and O–H groups in total. The fraction of sp³-hybridized carbons (Fsp3) is 0.588. The molecule has 1 atom stereocenters. The van der Waals surface area contributed by atoms with Gasteiger partial charge in [-0.1, -0.05) is 26.8 Å². The number of nitrogens with two attached hydrogens (primary N) is 1. The first-order chi connectivity index (χ1) is 9.74. The lowest BCUT2D eigenvalue weighted by Gasteiger charge is -2.30. The minimum Gasteiger partial charge on any atom is -0.330 e. The summed E-state index contributed by atoms with van der Waals surface area (Å²) in [5.41, 5.74) is 5.98. The zero-order valence-corrected chi connectivity index (χ0v) is 13.1. The Labute approximate surface area is 125 Å². The van der Waals surface area contributed by atoms with E-state index in [-0.39, 0.29) is 23.2 Å². The fourth-order valence-corrected chi connectivity index (χ4v) is 2.51. The van der Waals surface area contributed by atoms with Crippen molar-refractivity contribution >= 4 is 5.78 Å². The van der Waals surface area contributed by atoms with Crippen molar-refractivity contribution in [3.8, 4) is 0 Å². The molecule has 0 aliphatic heterocycles. The van der Waals surface area contributed by atoms with E-state index in [0.29, 0.717) is 18.9 Å². The van der Waals surface area contributed by atoms with E-state index in [1.807, 2.05) is 0 Å². The van der Waals surface area contributed by atoms with Crippen molar-refractivity contribution in [1.82, 2.24) is 0 Å². The first-order valence-electron chi connectivity index (χ1n) is 7.39. The first-order valence-corrected chi connectivity index (χ1v) is 7.39. The van der Waals surface area contributed by atoms with E-state index in [1.54, 1.807) is 0 Å². The van der Waals surface area contributed by atoms with Gasteiger partial charge < -0.3 is 5.73 Å². The number of Topliss-reactive ketones (excluding diaryl/α,β-unsaturated/α-hetero) is 1. The third-order valence-corrected chi connectivity index (χ3v) is 3.91. The summed E-state index contributed by atoms with van der Waals surface area (Å²) < 4.78 is 26.3. The Morgan fingerprint density at radius 2 is 1.90 bits per heavy atom. The second kappa shape index (κ2) is 7.64. The summed E-state index contributed by atoms with van der Waals surface area (Å²) in [6.45, 7) is 7.01. The molecular weight excluding hydrogens is 272 g/mol. The Morgan fingerprint density at radius 1 is 1.24 bits per heavy atom. The molecule has 1 rings (SSSR count). The maximum absolute atomic E-state index is 13.5. The molecule has 1 aromatic rings. The minimum absolute atomic E-state index is 0.0194. The predicted molar refractivity (Wildman–Crippen MR) is 80.9 cm³/mol. The van der Waals surface area contributed by atoms with Crippen LogP contribution in [0.25, 0.3) is 0 Å². The molecule has 0 heterocycles. The molecule has 1 unspecified atom stereocenters. The van der Waals surface area contributed by atoms with E-state index >= 15 is 0 Å². The summed E-state index contributed by atoms with van der Waals surface area (Å²) in [4.78, 5) is 12.0. The highest BCUT2D eigenvalue weighted by Crippen LogP contribution is 2.32. The summed E-state index contributed by atoms with van der Waals surface area (Å²) in [6, 6.07) is 3.33. The Kier molecular flexibility index (Phi) is 6.46. The Morgan fingerprint density at radius 3 is 2.43 bits per heavy atom. The largest absolute Gasteiger partial charge is 0.330 e. The molecule has 0 radical (unpaired) electrons. The van der Waals surface area contributed by atoms with Gasteiger partial charge in [0, 0.05) is 18.9 Å². The van der Waals surface area contributed by atoms with Gasteiger partial charge in [-0.05, 0) is 42.3 Å². The van der Waals surface area contributed by atoms with Gasteiger partial charge in [-0.3, -0.25) is 4.79 Å². The average Bonchev–Trinajstić information content (AvgIpc) is 2.36. The summed E-state index contributed by atoms with van der Waals surface area (Å²) >= 11 is 0. The van der Waals surface area contributed by atoms with Crippen molar-refractivity contribution in [3.05, 3.63) is 35.4 Å². The maximum Gasteiger partial charge on any atom is 0.137 e. The molecule has 0 saturated heterocycles. The van der Waals surface area contributed by atoms with E-state index in [9.17, 15) is 13.6 Å². The lowest BCUT2D eigenvalue weighted by Crippen LogP contribution is -2.24. The number of carbonyl (C=O) groups is 1. The first kappa shape index (κ1) is 17.8. The van der Waals surface area contributed by atoms with E-state index < -0.39 is 11.6 Å². The molecule has 2 nitrogen and oxygen atoms in total. The fourth-order valence-electron chi connectivity index (χ4n) is 2.51. The van der Waals surface area contributed by atoms with Crippen LogP contribution in [0.5, 0.6) is 0 Å². The van der Waals surface area contributed by atoms with Crippen LogP contribution >= 0.6 is 0 Å². The maximum atomic E-state index is 13.5. The third kappa shape index (κ3) is 5.92. The van der Waals surface area contributed by atoms with Crippen LogP contribution in [-0.4, -0.2) is 12.3 Å². The Hall–Kier alpha value is -1.29. The van der Waals surface area contributed by atoms with Gasteiger partial charge in [0.05, 0.1) is 0 Å². The van der Waals surface area contributed by atoms with Gasteiger partial charge in [0.1, 0.15) is 17.4 Å². The Bertz CT molecular complexity index is 480. The molecule has 0 aliphatic rings. The molecule has 0 aromatic heterocycles. The smallest absolute Gasteiger partial charge is 0.137 e. The quantitative estimate of drug-likeness (QED) is 0.830. The van der Waals surface area contributed by atoms with Crippen molar-refractivity contribution in [3.63, 3.8) is 0 Å². The molecule has 118 valence electrons. The molecule has 21 heavy (non-hydrogen) atoms. The van der Waals surface area contributed by atoms with Gasteiger partial charge in [0.25, 0.3) is 0 Å². The van der Waals surface area contributed by atoms with Gasteiger partial charge in [-0.2, -0.15) is 0 Å². The molecule has 0 aliphatic carbocycles. The topological polar surface area (TPSA) is 43.1 Å². The Balaban J connectivity index is 2.57. The lowest BCUT2D eigenvalue weighted by atomic mass is 9.76. The number of benzene rings is 1. The summed E-state index contributed by atoms with van der Waals surface area (Å²) in [5, 5.41) is 0. The summed E-state index contributed by atoms with van der Waals surface area (Å²) in [6.07, 6.45) is 2.05. The highest BCUT2D eigenvalue weighted by Gasteiger charge is 2.24. The third-order valence-electron chi connectivity index (χ3n) is 3.91. The van der Waals surface area contributed by atoms with Crippen molar-refractivity contribution in [2.24, 2.45) is 17.1 Å². The number of hydrogen-bond donors (Lipinski definition) is 1. The molecule has 4 heteroatoms. The van der Waals surface area contributed by atoms with Crippen LogP contribution in [0, 0.1) is 23.0 Å². The van der Waals surface area contributed by atoms with Gasteiger partial charge in [0.2, 0.25) is 0 Å². The van der Waals surface area contributed by atoms with Crippen LogP contribution in [0.4, 0.5) is 8.78 Å². The highest BCUT2D eigenvalue weighted by molar-refractivity contribution is 5.80. The molecule has 0 bridgehead atoms. The zero-order chi connectivity index (χ0) is 16.0. The van der Waals surface area contributed by atoms with E-state index in [0.717, 1.165) is 18.9 Å². The van der Waals surface area contributed by atoms with Crippen molar-refractivity contribution in [1.29, 1.82) is 0 Å². The number of ketones is 1. The monoisotopic (exact) mass is 297 g/mol. The predicted octanol–water partition coefficient (Wildman–Crippen LogP) is 3.87. The number of halogens is 2. The number of carbonyl (C=O) groups excluding carboxylic acids is 1. The molecule has 0 fully saturated rings.